The van der Waals surface area contributed by atoms with E-state index in [1.807, 2.05) is 6.92 Å². The van der Waals surface area contributed by atoms with Crippen LogP contribution in [0.5, 0.6) is 0 Å². The molecule has 1 aliphatic heterocycles. The van der Waals surface area contributed by atoms with Crippen LogP contribution in [0.1, 0.15) is 24.9 Å². The van der Waals surface area contributed by atoms with Crippen molar-refractivity contribution in [2.75, 3.05) is 19.8 Å². The van der Waals surface area contributed by atoms with Crippen LogP contribution in [0.25, 0.3) is 0 Å². The Kier molecular flexibility index (Phi) is 4.95. The molecule has 1 saturated heterocycles. The second-order valence-electron chi connectivity index (χ2n) is 4.18. The van der Waals surface area contributed by atoms with Crippen molar-refractivity contribution in [1.82, 2.24) is 5.32 Å². The van der Waals surface area contributed by atoms with Gasteiger partial charge in [-0.1, -0.05) is 24.6 Å². The van der Waals surface area contributed by atoms with Gasteiger partial charge in [0.25, 0.3) is 0 Å². The highest BCUT2D eigenvalue weighted by atomic mass is 35.5. The third-order valence-corrected chi connectivity index (χ3v) is 3.14. The molecule has 100 valence electrons. The SMILES string of the molecule is CCNC(CC1OCCO1)c1ccc(Cl)cc1F. The summed E-state index contributed by atoms with van der Waals surface area (Å²) in [6.07, 6.45) is 0.330. The average Bonchev–Trinajstić information content (AvgIpc) is 2.81. The van der Waals surface area contributed by atoms with E-state index in [2.05, 4.69) is 5.32 Å². The third kappa shape index (κ3) is 3.42. The van der Waals surface area contributed by atoms with Crippen LogP contribution in [0, 0.1) is 5.82 Å². The van der Waals surface area contributed by atoms with Crippen LogP contribution in [0.15, 0.2) is 18.2 Å². The standard InChI is InChI=1S/C13H17ClFNO2/c1-2-16-12(8-13-17-5-6-18-13)10-4-3-9(14)7-11(10)15/h3-4,7,12-13,16H,2,5-6,8H2,1H3. The summed E-state index contributed by atoms with van der Waals surface area (Å²) in [5, 5.41) is 3.65. The maximum atomic E-state index is 13.9. The Morgan fingerprint density at radius 1 is 1.44 bits per heavy atom. The monoisotopic (exact) mass is 273 g/mol. The van der Waals surface area contributed by atoms with Crippen LogP contribution < -0.4 is 5.32 Å². The molecular formula is C13H17ClFNO2. The van der Waals surface area contributed by atoms with E-state index in [4.69, 9.17) is 21.1 Å². The van der Waals surface area contributed by atoms with Gasteiger partial charge in [0.05, 0.1) is 13.2 Å². The first-order valence-corrected chi connectivity index (χ1v) is 6.50. The van der Waals surface area contributed by atoms with Gasteiger partial charge in [-0.05, 0) is 18.7 Å². The normalized spacial score (nSPS) is 18.2. The summed E-state index contributed by atoms with van der Waals surface area (Å²) in [6, 6.07) is 4.61. The highest BCUT2D eigenvalue weighted by Gasteiger charge is 2.23. The lowest BCUT2D eigenvalue weighted by atomic mass is 10.0. The molecule has 3 nitrogen and oxygen atoms in total. The number of halogens is 2. The predicted octanol–water partition coefficient (Wildman–Crippen LogP) is 2.89. The van der Waals surface area contributed by atoms with E-state index in [-0.39, 0.29) is 18.1 Å². The lowest BCUT2D eigenvalue weighted by Gasteiger charge is -2.21. The fourth-order valence-electron chi connectivity index (χ4n) is 2.09. The van der Waals surface area contributed by atoms with Crippen molar-refractivity contribution >= 4 is 11.6 Å². The van der Waals surface area contributed by atoms with E-state index in [9.17, 15) is 4.39 Å². The van der Waals surface area contributed by atoms with Gasteiger partial charge in [0.15, 0.2) is 6.29 Å². The summed E-state index contributed by atoms with van der Waals surface area (Å²) in [6.45, 7) is 3.94. The van der Waals surface area contributed by atoms with E-state index in [1.54, 1.807) is 12.1 Å². The first-order valence-electron chi connectivity index (χ1n) is 6.12. The van der Waals surface area contributed by atoms with Gasteiger partial charge in [0.2, 0.25) is 0 Å². The Bertz CT molecular complexity index is 397. The van der Waals surface area contributed by atoms with Crippen LogP contribution >= 0.6 is 11.6 Å². The molecule has 1 unspecified atom stereocenters. The fourth-order valence-corrected chi connectivity index (χ4v) is 2.25. The summed E-state index contributed by atoms with van der Waals surface area (Å²) >= 11 is 5.76. The van der Waals surface area contributed by atoms with Gasteiger partial charge in [0.1, 0.15) is 5.82 Å². The Labute approximate surface area is 111 Å². The van der Waals surface area contributed by atoms with E-state index < -0.39 is 0 Å². The van der Waals surface area contributed by atoms with Gasteiger partial charge < -0.3 is 14.8 Å². The van der Waals surface area contributed by atoms with Gasteiger partial charge in [-0.3, -0.25) is 0 Å². The van der Waals surface area contributed by atoms with Gasteiger partial charge in [-0.25, -0.2) is 4.39 Å². The molecular weight excluding hydrogens is 257 g/mol. The van der Waals surface area contributed by atoms with Crippen molar-refractivity contribution in [3.8, 4) is 0 Å². The van der Waals surface area contributed by atoms with Crippen LogP contribution in [0.3, 0.4) is 0 Å². The van der Waals surface area contributed by atoms with Crippen LogP contribution in [0.2, 0.25) is 5.02 Å². The Balaban J connectivity index is 2.12. The minimum absolute atomic E-state index is 0.129. The summed E-state index contributed by atoms with van der Waals surface area (Å²) < 4.78 is 24.7. The summed E-state index contributed by atoms with van der Waals surface area (Å²) in [4.78, 5) is 0. The van der Waals surface area contributed by atoms with Crippen LogP contribution in [-0.4, -0.2) is 26.0 Å². The molecule has 0 bridgehead atoms. The minimum Gasteiger partial charge on any atom is -0.350 e. The minimum atomic E-state index is -0.300. The van der Waals surface area contributed by atoms with Crippen molar-refractivity contribution in [1.29, 1.82) is 0 Å². The molecule has 0 saturated carbocycles. The molecule has 0 aliphatic carbocycles. The van der Waals surface area contributed by atoms with Crippen LogP contribution in [-0.2, 0) is 9.47 Å². The van der Waals surface area contributed by atoms with Crippen molar-refractivity contribution in [2.24, 2.45) is 0 Å². The average molecular weight is 274 g/mol. The Hall–Kier alpha value is -0.680. The number of nitrogens with one attached hydrogen (secondary N) is 1. The smallest absolute Gasteiger partial charge is 0.159 e. The number of hydrogen-bond acceptors (Lipinski definition) is 3. The molecule has 1 N–H and O–H groups in total. The first-order chi connectivity index (χ1) is 8.70. The van der Waals surface area contributed by atoms with E-state index in [1.165, 1.54) is 6.07 Å². The van der Waals surface area contributed by atoms with Crippen molar-refractivity contribution in [3.05, 3.63) is 34.6 Å². The summed E-state index contributed by atoms with van der Waals surface area (Å²) in [7, 11) is 0. The fraction of sp³-hybridized carbons (Fsp3) is 0.538. The van der Waals surface area contributed by atoms with E-state index >= 15 is 0 Å². The number of hydrogen-bond donors (Lipinski definition) is 1. The first kappa shape index (κ1) is 13.7. The zero-order valence-corrected chi connectivity index (χ0v) is 11.0. The summed E-state index contributed by atoms with van der Waals surface area (Å²) in [5.74, 6) is -0.300. The second-order valence-corrected chi connectivity index (χ2v) is 4.62. The largest absolute Gasteiger partial charge is 0.350 e. The molecule has 0 radical (unpaired) electrons. The van der Waals surface area contributed by atoms with Crippen LogP contribution in [0.4, 0.5) is 4.39 Å². The predicted molar refractivity (Wildman–Crippen MR) is 68.1 cm³/mol. The zero-order valence-electron chi connectivity index (χ0n) is 10.3. The second kappa shape index (κ2) is 6.48. The lowest BCUT2D eigenvalue weighted by Crippen LogP contribution is -2.26. The number of rotatable bonds is 5. The maximum absolute atomic E-state index is 13.9. The zero-order chi connectivity index (χ0) is 13.0. The highest BCUT2D eigenvalue weighted by molar-refractivity contribution is 6.30. The Morgan fingerprint density at radius 3 is 2.78 bits per heavy atom. The molecule has 1 heterocycles. The molecule has 0 spiro atoms. The molecule has 1 aromatic carbocycles. The highest BCUT2D eigenvalue weighted by Crippen LogP contribution is 2.26. The van der Waals surface area contributed by atoms with Crippen molar-refractivity contribution in [3.63, 3.8) is 0 Å². The topological polar surface area (TPSA) is 30.5 Å². The maximum Gasteiger partial charge on any atom is 0.159 e. The molecule has 2 rings (SSSR count). The van der Waals surface area contributed by atoms with Gasteiger partial charge in [-0.15, -0.1) is 0 Å². The van der Waals surface area contributed by atoms with Gasteiger partial charge in [-0.2, -0.15) is 0 Å². The third-order valence-electron chi connectivity index (χ3n) is 2.91. The summed E-state index contributed by atoms with van der Waals surface area (Å²) in [5.41, 5.74) is 0.598. The molecule has 1 atom stereocenters. The van der Waals surface area contributed by atoms with Gasteiger partial charge in [0, 0.05) is 23.0 Å². The molecule has 1 aliphatic rings. The lowest BCUT2D eigenvalue weighted by molar-refractivity contribution is -0.0530. The van der Waals surface area contributed by atoms with Crippen molar-refractivity contribution < 1.29 is 13.9 Å². The quantitative estimate of drug-likeness (QED) is 0.895. The molecule has 0 aromatic heterocycles. The molecule has 1 fully saturated rings. The van der Waals surface area contributed by atoms with E-state index in [0.717, 1.165) is 6.54 Å². The molecule has 0 amide bonds. The number of ether oxygens (including phenoxy) is 2. The van der Waals surface area contributed by atoms with E-state index in [0.29, 0.717) is 30.2 Å². The Morgan fingerprint density at radius 2 is 2.17 bits per heavy atom. The number of benzene rings is 1. The van der Waals surface area contributed by atoms with Crippen molar-refractivity contribution in [2.45, 2.75) is 25.7 Å². The molecule has 18 heavy (non-hydrogen) atoms. The van der Waals surface area contributed by atoms with Gasteiger partial charge >= 0.3 is 0 Å². The molecule has 5 heteroatoms. The molecule has 1 aromatic rings.